The SMILES string of the molecule is CC(C)C(=O)CCCCCNCNCC(C)(C)C(C)C. The van der Waals surface area contributed by atoms with Crippen molar-refractivity contribution in [3.63, 3.8) is 0 Å². The van der Waals surface area contributed by atoms with Crippen molar-refractivity contribution in [1.82, 2.24) is 10.6 Å². The number of nitrogens with one attached hydrogen (secondary N) is 2. The van der Waals surface area contributed by atoms with E-state index in [0.717, 1.165) is 45.4 Å². The molecule has 120 valence electrons. The average molecular weight is 284 g/mol. The lowest BCUT2D eigenvalue weighted by Crippen LogP contribution is -2.38. The molecule has 0 aliphatic carbocycles. The van der Waals surface area contributed by atoms with E-state index in [-0.39, 0.29) is 5.92 Å². The summed E-state index contributed by atoms with van der Waals surface area (Å²) in [6.45, 7) is 16.1. The van der Waals surface area contributed by atoms with E-state index < -0.39 is 0 Å². The molecule has 0 spiro atoms. The van der Waals surface area contributed by atoms with Gasteiger partial charge in [0.1, 0.15) is 5.78 Å². The van der Waals surface area contributed by atoms with Crippen LogP contribution in [0.3, 0.4) is 0 Å². The van der Waals surface area contributed by atoms with Crippen molar-refractivity contribution in [2.45, 2.75) is 67.2 Å². The van der Waals surface area contributed by atoms with Crippen LogP contribution in [0.25, 0.3) is 0 Å². The van der Waals surface area contributed by atoms with E-state index in [1.54, 1.807) is 0 Å². The van der Waals surface area contributed by atoms with Crippen LogP contribution in [-0.2, 0) is 4.79 Å². The van der Waals surface area contributed by atoms with Crippen LogP contribution in [0.15, 0.2) is 0 Å². The third-order valence-electron chi connectivity index (χ3n) is 4.31. The lowest BCUT2D eigenvalue weighted by Gasteiger charge is -2.29. The summed E-state index contributed by atoms with van der Waals surface area (Å²) in [6.07, 6.45) is 4.08. The minimum atomic E-state index is 0.196. The first-order valence-corrected chi connectivity index (χ1v) is 8.21. The van der Waals surface area contributed by atoms with Crippen molar-refractivity contribution in [2.75, 3.05) is 19.8 Å². The number of hydrogen-bond acceptors (Lipinski definition) is 3. The molecule has 3 heteroatoms. The molecule has 0 aliphatic heterocycles. The molecule has 0 heterocycles. The number of Topliss-reactive ketones (excluding diaryl/α,β-unsaturated/α-hetero) is 1. The second-order valence-electron chi connectivity index (χ2n) is 7.18. The zero-order valence-corrected chi connectivity index (χ0v) is 14.5. The van der Waals surface area contributed by atoms with Gasteiger partial charge in [0.15, 0.2) is 0 Å². The van der Waals surface area contributed by atoms with E-state index in [0.29, 0.717) is 17.1 Å². The maximum absolute atomic E-state index is 11.4. The second kappa shape index (κ2) is 10.3. The van der Waals surface area contributed by atoms with Gasteiger partial charge in [-0.2, -0.15) is 0 Å². The first kappa shape index (κ1) is 19.6. The summed E-state index contributed by atoms with van der Waals surface area (Å²) in [5.41, 5.74) is 0.346. The molecule has 0 fully saturated rings. The van der Waals surface area contributed by atoms with Gasteiger partial charge in [-0.1, -0.05) is 48.0 Å². The maximum Gasteiger partial charge on any atom is 0.135 e. The van der Waals surface area contributed by atoms with E-state index in [4.69, 9.17) is 0 Å². The Morgan fingerprint density at radius 3 is 2.20 bits per heavy atom. The fraction of sp³-hybridized carbons (Fsp3) is 0.941. The Hall–Kier alpha value is -0.410. The molecule has 0 radical (unpaired) electrons. The van der Waals surface area contributed by atoms with Crippen molar-refractivity contribution in [1.29, 1.82) is 0 Å². The lowest BCUT2D eigenvalue weighted by molar-refractivity contribution is -0.122. The van der Waals surface area contributed by atoms with Crippen LogP contribution in [0.5, 0.6) is 0 Å². The van der Waals surface area contributed by atoms with Gasteiger partial charge in [0, 0.05) is 25.6 Å². The van der Waals surface area contributed by atoms with Crippen molar-refractivity contribution in [3.05, 3.63) is 0 Å². The first-order valence-electron chi connectivity index (χ1n) is 8.21. The van der Waals surface area contributed by atoms with E-state index in [9.17, 15) is 4.79 Å². The summed E-state index contributed by atoms with van der Waals surface area (Å²) in [4.78, 5) is 11.4. The highest BCUT2D eigenvalue weighted by Gasteiger charge is 2.21. The Morgan fingerprint density at radius 1 is 1.00 bits per heavy atom. The van der Waals surface area contributed by atoms with E-state index in [1.807, 2.05) is 13.8 Å². The van der Waals surface area contributed by atoms with Gasteiger partial charge >= 0.3 is 0 Å². The zero-order chi connectivity index (χ0) is 15.6. The molecule has 3 nitrogen and oxygen atoms in total. The molecule has 0 bridgehead atoms. The molecular formula is C17H36N2O. The molecule has 0 aromatic rings. The second-order valence-corrected chi connectivity index (χ2v) is 7.18. The van der Waals surface area contributed by atoms with Gasteiger partial charge in [-0.05, 0) is 30.7 Å². The minimum absolute atomic E-state index is 0.196. The smallest absolute Gasteiger partial charge is 0.135 e. The fourth-order valence-corrected chi connectivity index (χ4v) is 1.78. The summed E-state index contributed by atoms with van der Waals surface area (Å²) in [6, 6.07) is 0. The van der Waals surface area contributed by atoms with E-state index in [1.165, 1.54) is 0 Å². The van der Waals surface area contributed by atoms with Gasteiger partial charge in [-0.3, -0.25) is 4.79 Å². The van der Waals surface area contributed by atoms with Crippen molar-refractivity contribution in [3.8, 4) is 0 Å². The molecule has 2 N–H and O–H groups in total. The number of carbonyl (C=O) groups excluding carboxylic acids is 1. The predicted molar refractivity (Wildman–Crippen MR) is 87.8 cm³/mol. The number of carbonyl (C=O) groups is 1. The van der Waals surface area contributed by atoms with Gasteiger partial charge in [0.2, 0.25) is 0 Å². The van der Waals surface area contributed by atoms with Crippen LogP contribution in [0.4, 0.5) is 0 Å². The quantitative estimate of drug-likeness (QED) is 0.425. The molecule has 0 aliphatic rings. The van der Waals surface area contributed by atoms with Crippen molar-refractivity contribution >= 4 is 5.78 Å². The van der Waals surface area contributed by atoms with Crippen LogP contribution in [0.2, 0.25) is 0 Å². The molecule has 0 unspecified atom stereocenters. The number of rotatable bonds is 12. The Labute approximate surface area is 126 Å². The van der Waals surface area contributed by atoms with Crippen LogP contribution >= 0.6 is 0 Å². The van der Waals surface area contributed by atoms with Gasteiger partial charge < -0.3 is 10.6 Å². The predicted octanol–water partition coefficient (Wildman–Crippen LogP) is 3.59. The normalized spacial score (nSPS) is 12.4. The van der Waals surface area contributed by atoms with Gasteiger partial charge in [0.05, 0.1) is 0 Å². The number of ketones is 1. The van der Waals surface area contributed by atoms with Crippen LogP contribution in [0, 0.1) is 17.3 Å². The average Bonchev–Trinajstić information content (AvgIpc) is 2.35. The van der Waals surface area contributed by atoms with E-state index >= 15 is 0 Å². The molecule has 0 saturated carbocycles. The third-order valence-corrected chi connectivity index (χ3v) is 4.31. The maximum atomic E-state index is 11.4. The molecule has 0 saturated heterocycles. The Balaban J connectivity index is 3.36. The Bertz CT molecular complexity index is 260. The summed E-state index contributed by atoms with van der Waals surface area (Å²) in [5, 5.41) is 6.88. The minimum Gasteiger partial charge on any atom is -0.304 e. The lowest BCUT2D eigenvalue weighted by atomic mass is 9.81. The molecule has 20 heavy (non-hydrogen) atoms. The highest BCUT2D eigenvalue weighted by atomic mass is 16.1. The number of hydrogen-bond donors (Lipinski definition) is 2. The molecule has 0 aromatic carbocycles. The molecule has 0 aromatic heterocycles. The van der Waals surface area contributed by atoms with Crippen LogP contribution in [-0.4, -0.2) is 25.5 Å². The molecule has 0 rings (SSSR count). The summed E-state index contributed by atoms with van der Waals surface area (Å²) in [7, 11) is 0. The van der Waals surface area contributed by atoms with Crippen molar-refractivity contribution in [2.24, 2.45) is 17.3 Å². The standard InChI is InChI=1S/C17H36N2O/c1-14(2)16(20)10-8-7-9-11-18-13-19-12-17(5,6)15(3)4/h14-15,18-19H,7-13H2,1-6H3. The largest absolute Gasteiger partial charge is 0.304 e. The monoisotopic (exact) mass is 284 g/mol. The Kier molecular flexibility index (Phi) is 10.1. The summed E-state index contributed by atoms with van der Waals surface area (Å²) >= 11 is 0. The van der Waals surface area contributed by atoms with Gasteiger partial charge in [-0.15, -0.1) is 0 Å². The first-order chi connectivity index (χ1) is 9.27. The third kappa shape index (κ3) is 9.49. The highest BCUT2D eigenvalue weighted by Crippen LogP contribution is 2.24. The molecule has 0 amide bonds. The highest BCUT2D eigenvalue weighted by molar-refractivity contribution is 5.80. The molecular weight excluding hydrogens is 248 g/mol. The summed E-state index contributed by atoms with van der Waals surface area (Å²) < 4.78 is 0. The van der Waals surface area contributed by atoms with Gasteiger partial charge in [0.25, 0.3) is 0 Å². The van der Waals surface area contributed by atoms with Crippen LogP contribution in [0.1, 0.15) is 67.2 Å². The van der Waals surface area contributed by atoms with E-state index in [2.05, 4.69) is 38.3 Å². The summed E-state index contributed by atoms with van der Waals surface area (Å²) in [5.74, 6) is 1.28. The topological polar surface area (TPSA) is 41.1 Å². The fourth-order valence-electron chi connectivity index (χ4n) is 1.78. The molecule has 0 atom stereocenters. The van der Waals surface area contributed by atoms with Crippen LogP contribution < -0.4 is 10.6 Å². The zero-order valence-electron chi connectivity index (χ0n) is 14.5. The Morgan fingerprint density at radius 2 is 1.65 bits per heavy atom. The van der Waals surface area contributed by atoms with Crippen molar-refractivity contribution < 1.29 is 4.79 Å². The van der Waals surface area contributed by atoms with Gasteiger partial charge in [-0.25, -0.2) is 0 Å². The number of unbranched alkanes of at least 4 members (excludes halogenated alkanes) is 2.